The van der Waals surface area contributed by atoms with Crippen molar-refractivity contribution in [3.8, 4) is 0 Å². The number of anilines is 1. The maximum Gasteiger partial charge on any atom is 0.274 e. The second kappa shape index (κ2) is 9.64. The van der Waals surface area contributed by atoms with Crippen molar-refractivity contribution in [3.05, 3.63) is 46.3 Å². The summed E-state index contributed by atoms with van der Waals surface area (Å²) in [6.07, 6.45) is 2.79. The molecule has 188 valence electrons. The normalized spacial score (nSPS) is 20.9. The van der Waals surface area contributed by atoms with E-state index in [2.05, 4.69) is 55.8 Å². The predicted molar refractivity (Wildman–Crippen MR) is 137 cm³/mol. The van der Waals surface area contributed by atoms with E-state index in [0.29, 0.717) is 24.8 Å². The number of aromatic nitrogens is 2. The fourth-order valence-electron chi connectivity index (χ4n) is 5.70. The van der Waals surface area contributed by atoms with E-state index in [9.17, 15) is 9.59 Å². The number of nitrogens with zero attached hydrogens (tertiary/aromatic N) is 6. The number of carbonyl (C=O) groups is 2. The number of aryl methyl sites for hydroxylation is 1. The highest BCUT2D eigenvalue weighted by Crippen LogP contribution is 2.28. The van der Waals surface area contributed by atoms with Gasteiger partial charge in [-0.25, -0.2) is 0 Å². The lowest BCUT2D eigenvalue weighted by atomic mass is 10.1. The molecule has 8 nitrogen and oxygen atoms in total. The lowest BCUT2D eigenvalue weighted by molar-refractivity contribution is -0.132. The standard InChI is InChI=1S/C27H38N6O2/c1-19-7-5-9-23(21(19)3)30-13-15-31(16-14-30)25(34)18-33-24-10-6-8-22(24)26(28-33)27(35)32-12-11-29(4)20(2)17-32/h5,7,9,20H,6,8,10-18H2,1-4H3/t20-/m0/s1. The first-order chi connectivity index (χ1) is 16.8. The Morgan fingerprint density at radius 3 is 2.49 bits per heavy atom. The van der Waals surface area contributed by atoms with Crippen LogP contribution in [0, 0.1) is 13.8 Å². The largest absolute Gasteiger partial charge is 0.368 e. The van der Waals surface area contributed by atoms with Gasteiger partial charge in [-0.15, -0.1) is 0 Å². The molecule has 2 aliphatic heterocycles. The maximum absolute atomic E-state index is 13.4. The molecule has 0 N–H and O–H groups in total. The minimum absolute atomic E-state index is 0.0245. The molecule has 3 aliphatic rings. The predicted octanol–water partition coefficient (Wildman–Crippen LogP) is 2.11. The molecule has 2 aromatic rings. The molecule has 5 rings (SSSR count). The molecule has 0 spiro atoms. The summed E-state index contributed by atoms with van der Waals surface area (Å²) in [7, 11) is 2.10. The number of piperazine rings is 2. The number of hydrogen-bond acceptors (Lipinski definition) is 5. The smallest absolute Gasteiger partial charge is 0.274 e. The van der Waals surface area contributed by atoms with E-state index in [1.54, 1.807) is 0 Å². The number of likely N-dealkylation sites (N-methyl/N-ethyl adjacent to an activating group) is 1. The van der Waals surface area contributed by atoms with E-state index < -0.39 is 0 Å². The number of amides is 2. The highest BCUT2D eigenvalue weighted by molar-refractivity contribution is 5.94. The summed E-state index contributed by atoms with van der Waals surface area (Å²) >= 11 is 0. The molecular formula is C27H38N6O2. The summed E-state index contributed by atoms with van der Waals surface area (Å²) in [6, 6.07) is 6.76. The maximum atomic E-state index is 13.4. The van der Waals surface area contributed by atoms with Gasteiger partial charge in [0.2, 0.25) is 5.91 Å². The SMILES string of the molecule is Cc1cccc(N2CCN(C(=O)Cn3nc(C(=O)N4CCN(C)[C@@H](C)C4)c4c3CCC4)CC2)c1C. The van der Waals surface area contributed by atoms with Gasteiger partial charge in [-0.05, 0) is 64.3 Å². The molecule has 3 heterocycles. The minimum Gasteiger partial charge on any atom is -0.368 e. The Bertz CT molecular complexity index is 1120. The van der Waals surface area contributed by atoms with Gasteiger partial charge in [-0.2, -0.15) is 5.10 Å². The summed E-state index contributed by atoms with van der Waals surface area (Å²) in [4.78, 5) is 35.2. The molecule has 2 amide bonds. The van der Waals surface area contributed by atoms with E-state index >= 15 is 0 Å². The lowest BCUT2D eigenvalue weighted by Gasteiger charge is -2.37. The molecule has 2 fully saturated rings. The third-order valence-electron chi connectivity index (χ3n) is 8.29. The van der Waals surface area contributed by atoms with Crippen LogP contribution in [0.2, 0.25) is 0 Å². The van der Waals surface area contributed by atoms with Crippen molar-refractivity contribution in [2.45, 2.75) is 52.6 Å². The number of rotatable bonds is 4. The minimum atomic E-state index is 0.0245. The van der Waals surface area contributed by atoms with Gasteiger partial charge in [0.15, 0.2) is 5.69 Å². The Morgan fingerprint density at radius 2 is 1.74 bits per heavy atom. The van der Waals surface area contributed by atoms with Gasteiger partial charge < -0.3 is 19.6 Å². The lowest BCUT2D eigenvalue weighted by Crippen LogP contribution is -2.52. The summed E-state index contributed by atoms with van der Waals surface area (Å²) in [5, 5.41) is 4.72. The first-order valence-electron chi connectivity index (χ1n) is 13.0. The van der Waals surface area contributed by atoms with Crippen LogP contribution < -0.4 is 4.90 Å². The molecule has 0 radical (unpaired) electrons. The zero-order valence-corrected chi connectivity index (χ0v) is 21.6. The molecule has 8 heteroatoms. The molecule has 1 aromatic carbocycles. The van der Waals surface area contributed by atoms with Gasteiger partial charge in [-0.3, -0.25) is 14.3 Å². The highest BCUT2D eigenvalue weighted by atomic mass is 16.2. The van der Waals surface area contributed by atoms with Gasteiger partial charge in [0.25, 0.3) is 5.91 Å². The number of fused-ring (bicyclic) bond motifs is 1. The summed E-state index contributed by atoms with van der Waals surface area (Å²) in [5.41, 5.74) is 6.59. The number of hydrogen-bond donors (Lipinski definition) is 0. The van der Waals surface area contributed by atoms with Gasteiger partial charge in [0.1, 0.15) is 6.54 Å². The van der Waals surface area contributed by atoms with Crippen molar-refractivity contribution in [2.24, 2.45) is 0 Å². The topological polar surface area (TPSA) is 64.9 Å². The Balaban J connectivity index is 1.25. The second-order valence-corrected chi connectivity index (χ2v) is 10.5. The van der Waals surface area contributed by atoms with Crippen LogP contribution in [0.25, 0.3) is 0 Å². The van der Waals surface area contributed by atoms with Crippen molar-refractivity contribution in [3.63, 3.8) is 0 Å². The molecule has 0 unspecified atom stereocenters. The van der Waals surface area contributed by atoms with Crippen LogP contribution in [-0.4, -0.2) is 95.2 Å². The molecule has 1 aliphatic carbocycles. The Labute approximate surface area is 208 Å². The van der Waals surface area contributed by atoms with Crippen molar-refractivity contribution >= 4 is 17.5 Å². The Hall–Kier alpha value is -2.87. The molecular weight excluding hydrogens is 440 g/mol. The fraction of sp³-hybridized carbons (Fsp3) is 0.593. The third kappa shape index (κ3) is 4.56. The van der Waals surface area contributed by atoms with Crippen LogP contribution >= 0.6 is 0 Å². The van der Waals surface area contributed by atoms with Crippen LogP contribution in [-0.2, 0) is 24.2 Å². The zero-order chi connectivity index (χ0) is 24.7. The van der Waals surface area contributed by atoms with E-state index in [4.69, 9.17) is 5.10 Å². The van der Waals surface area contributed by atoms with Crippen LogP contribution in [0.4, 0.5) is 5.69 Å². The van der Waals surface area contributed by atoms with Crippen LogP contribution in [0.3, 0.4) is 0 Å². The van der Waals surface area contributed by atoms with Gasteiger partial charge in [0, 0.05) is 68.8 Å². The monoisotopic (exact) mass is 478 g/mol. The first-order valence-corrected chi connectivity index (χ1v) is 13.0. The molecule has 2 saturated heterocycles. The van der Waals surface area contributed by atoms with Crippen molar-refractivity contribution < 1.29 is 9.59 Å². The van der Waals surface area contributed by atoms with E-state index in [-0.39, 0.29) is 18.4 Å². The third-order valence-corrected chi connectivity index (χ3v) is 8.29. The fourth-order valence-corrected chi connectivity index (χ4v) is 5.70. The van der Waals surface area contributed by atoms with Crippen LogP contribution in [0.1, 0.15) is 46.2 Å². The summed E-state index contributed by atoms with van der Waals surface area (Å²) in [6.45, 7) is 12.1. The van der Waals surface area contributed by atoms with Crippen molar-refractivity contribution in [1.29, 1.82) is 0 Å². The molecule has 35 heavy (non-hydrogen) atoms. The number of benzene rings is 1. The number of carbonyl (C=O) groups excluding carboxylic acids is 2. The second-order valence-electron chi connectivity index (χ2n) is 10.5. The average Bonchev–Trinajstić information content (AvgIpc) is 3.46. The summed E-state index contributed by atoms with van der Waals surface area (Å²) in [5.74, 6) is 0.117. The van der Waals surface area contributed by atoms with Crippen molar-refractivity contribution in [1.82, 2.24) is 24.5 Å². The molecule has 0 bridgehead atoms. The van der Waals surface area contributed by atoms with Gasteiger partial charge in [-0.1, -0.05) is 12.1 Å². The van der Waals surface area contributed by atoms with E-state index in [1.165, 1.54) is 16.8 Å². The molecule has 1 atom stereocenters. The van der Waals surface area contributed by atoms with Gasteiger partial charge in [0.05, 0.1) is 0 Å². The van der Waals surface area contributed by atoms with Crippen LogP contribution in [0.5, 0.6) is 0 Å². The van der Waals surface area contributed by atoms with Gasteiger partial charge >= 0.3 is 0 Å². The average molecular weight is 479 g/mol. The quantitative estimate of drug-likeness (QED) is 0.674. The highest BCUT2D eigenvalue weighted by Gasteiger charge is 2.33. The van der Waals surface area contributed by atoms with Crippen LogP contribution in [0.15, 0.2) is 18.2 Å². The molecule has 1 aromatic heterocycles. The van der Waals surface area contributed by atoms with Crippen molar-refractivity contribution in [2.75, 3.05) is 57.8 Å². The summed E-state index contributed by atoms with van der Waals surface area (Å²) < 4.78 is 1.83. The Morgan fingerprint density at radius 1 is 1.00 bits per heavy atom. The Kier molecular flexibility index (Phi) is 6.57. The van der Waals surface area contributed by atoms with E-state index in [1.807, 2.05) is 14.5 Å². The first kappa shape index (κ1) is 23.9. The molecule has 0 saturated carbocycles. The zero-order valence-electron chi connectivity index (χ0n) is 21.6. The van der Waals surface area contributed by atoms with E-state index in [0.717, 1.165) is 63.2 Å².